The van der Waals surface area contributed by atoms with E-state index in [4.69, 9.17) is 23.7 Å². The van der Waals surface area contributed by atoms with Gasteiger partial charge >= 0.3 is 12.2 Å². The molecule has 0 unspecified atom stereocenters. The van der Waals surface area contributed by atoms with Crippen LogP contribution in [0.1, 0.15) is 53.6 Å². The van der Waals surface area contributed by atoms with E-state index in [2.05, 4.69) is 63.9 Å². The summed E-state index contributed by atoms with van der Waals surface area (Å²) in [7, 11) is 0.302. The number of carbonyl (C=O) groups excluding carboxylic acids is 3. The number of aliphatic imine (C=N–C) groups is 1. The van der Waals surface area contributed by atoms with E-state index in [1.165, 1.54) is 12.2 Å². The fraction of sp³-hybridized carbons (Fsp3) is 0.463. The molecular weight excluding hydrogens is 784 g/mol. The lowest BCUT2D eigenvalue weighted by Crippen LogP contribution is -2.39. The molecular formula is C41H55BrN4O8Si. The maximum atomic E-state index is 14.3. The summed E-state index contributed by atoms with van der Waals surface area (Å²) in [4.78, 5) is 46.5. The summed E-state index contributed by atoms with van der Waals surface area (Å²) in [5.41, 5.74) is 4.33. The highest BCUT2D eigenvalue weighted by molar-refractivity contribution is 9.09. The number of amides is 3. The average Bonchev–Trinajstić information content (AvgIpc) is 3.55. The van der Waals surface area contributed by atoms with E-state index < -0.39 is 20.3 Å². The first-order valence-corrected chi connectivity index (χ1v) is 23.5. The van der Waals surface area contributed by atoms with Gasteiger partial charge in [0.05, 0.1) is 31.0 Å². The third kappa shape index (κ3) is 13.4. The molecule has 4 rings (SSSR count). The summed E-state index contributed by atoms with van der Waals surface area (Å²) < 4.78 is 28.2. The molecule has 0 saturated heterocycles. The minimum absolute atomic E-state index is 0.00300. The van der Waals surface area contributed by atoms with Crippen molar-refractivity contribution in [2.24, 2.45) is 4.99 Å². The summed E-state index contributed by atoms with van der Waals surface area (Å²) in [5, 5.41) is 3.49. The van der Waals surface area contributed by atoms with Crippen molar-refractivity contribution in [3.63, 3.8) is 0 Å². The predicted molar refractivity (Wildman–Crippen MR) is 223 cm³/mol. The van der Waals surface area contributed by atoms with Gasteiger partial charge in [-0.3, -0.25) is 10.1 Å². The van der Waals surface area contributed by atoms with Crippen molar-refractivity contribution < 1.29 is 38.1 Å². The second-order valence-electron chi connectivity index (χ2n) is 14.5. The summed E-state index contributed by atoms with van der Waals surface area (Å²) in [5.74, 6) is 1.16. The number of halogens is 1. The molecule has 1 N–H and O–H groups in total. The van der Waals surface area contributed by atoms with Crippen molar-refractivity contribution in [2.75, 3.05) is 57.0 Å². The zero-order valence-corrected chi connectivity index (χ0v) is 35.2. The molecule has 12 nitrogen and oxygen atoms in total. The fourth-order valence-electron chi connectivity index (χ4n) is 6.08. The Morgan fingerprint density at radius 3 is 2.45 bits per heavy atom. The maximum Gasteiger partial charge on any atom is 0.435 e. The van der Waals surface area contributed by atoms with Crippen LogP contribution in [0.2, 0.25) is 25.7 Å². The SMILES string of the molecule is C=CCOC(=O)N=C(CCc1ccc(C2=CN3C(=O)c4cc(OC)c(OCCCCCBr)cc4N(COCC[Si](C)(C)C)C[C@@H]3C2)cc1)NC(=O)OCC=C. The van der Waals surface area contributed by atoms with Crippen molar-refractivity contribution in [3.05, 3.63) is 84.6 Å². The zero-order chi connectivity index (χ0) is 39.8. The van der Waals surface area contributed by atoms with Gasteiger partial charge in [-0.1, -0.05) is 85.1 Å². The average molecular weight is 840 g/mol. The Balaban J connectivity index is 1.53. The van der Waals surface area contributed by atoms with Crippen molar-refractivity contribution in [1.82, 2.24) is 10.2 Å². The zero-order valence-electron chi connectivity index (χ0n) is 32.6. The Kier molecular flexibility index (Phi) is 17.0. The van der Waals surface area contributed by atoms with Crippen molar-refractivity contribution in [3.8, 4) is 11.5 Å². The molecule has 0 fully saturated rings. The Bertz CT molecular complexity index is 1710. The molecule has 2 heterocycles. The number of rotatable bonds is 20. The van der Waals surface area contributed by atoms with Gasteiger partial charge in [-0.05, 0) is 60.9 Å². The van der Waals surface area contributed by atoms with Gasteiger partial charge in [0.25, 0.3) is 5.91 Å². The molecule has 2 aliphatic heterocycles. The number of nitrogens with zero attached hydrogens (tertiary/aromatic N) is 3. The predicted octanol–water partition coefficient (Wildman–Crippen LogP) is 8.59. The summed E-state index contributed by atoms with van der Waals surface area (Å²) in [6, 6.07) is 12.7. The quantitative estimate of drug-likeness (QED) is 0.0348. The molecule has 0 aromatic heterocycles. The van der Waals surface area contributed by atoms with E-state index in [9.17, 15) is 14.4 Å². The second-order valence-corrected chi connectivity index (χ2v) is 21.0. The Morgan fingerprint density at radius 2 is 1.76 bits per heavy atom. The molecule has 0 spiro atoms. The number of anilines is 1. The van der Waals surface area contributed by atoms with Gasteiger partial charge in [-0.25, -0.2) is 9.59 Å². The number of ether oxygens (including phenoxy) is 5. The molecule has 2 aromatic carbocycles. The number of nitrogens with one attached hydrogen (secondary N) is 1. The van der Waals surface area contributed by atoms with E-state index in [1.807, 2.05) is 41.4 Å². The number of alkyl halides is 1. The number of alkyl carbamates (subject to hydrolysis) is 1. The van der Waals surface area contributed by atoms with Crippen LogP contribution in [0, 0.1) is 0 Å². The molecule has 55 heavy (non-hydrogen) atoms. The first kappa shape index (κ1) is 43.3. The normalized spacial score (nSPS) is 15.4. The van der Waals surface area contributed by atoms with Gasteiger partial charge < -0.3 is 33.5 Å². The number of benzene rings is 2. The number of hydrogen-bond donors (Lipinski definition) is 1. The highest BCUT2D eigenvalue weighted by Crippen LogP contribution is 2.41. The van der Waals surface area contributed by atoms with E-state index in [-0.39, 0.29) is 37.4 Å². The van der Waals surface area contributed by atoms with Gasteiger partial charge in [0.2, 0.25) is 0 Å². The van der Waals surface area contributed by atoms with E-state index in [1.54, 1.807) is 13.2 Å². The number of unbranched alkanes of at least 4 members (excludes halogenated alkanes) is 2. The number of amidine groups is 1. The van der Waals surface area contributed by atoms with Crippen LogP contribution in [0.3, 0.4) is 0 Å². The molecule has 0 radical (unpaired) electrons. The Hall–Kier alpha value is -4.40. The third-order valence-corrected chi connectivity index (χ3v) is 11.3. The minimum Gasteiger partial charge on any atom is -0.493 e. The lowest BCUT2D eigenvalue weighted by atomic mass is 9.99. The van der Waals surface area contributed by atoms with Crippen LogP contribution >= 0.6 is 15.9 Å². The highest BCUT2D eigenvalue weighted by atomic mass is 79.9. The lowest BCUT2D eigenvalue weighted by Gasteiger charge is -2.28. The summed E-state index contributed by atoms with van der Waals surface area (Å²) in [6.45, 7) is 16.2. The fourth-order valence-corrected chi connectivity index (χ4v) is 7.23. The van der Waals surface area contributed by atoms with Gasteiger partial charge in [-0.15, -0.1) is 0 Å². The molecule has 0 saturated carbocycles. The van der Waals surface area contributed by atoms with E-state index in [0.717, 1.165) is 53.0 Å². The number of hydrogen-bond acceptors (Lipinski definition) is 9. The standard InChI is InChI=1S/C41H55BrN4O8Si/c1-7-19-53-40(48)43-38(44-41(49)54-20-8-2)17-14-30-12-15-31(16-13-30)32-24-33-28-45(29-51-22-23-55(4,5)6)35-26-37(52-21-11-9-10-18-42)36(50-3)25-34(35)39(47)46(33)27-32/h7-8,12-13,15-16,25-27,33H,1-2,9-11,14,17-24,28-29H2,3-6H3,(H,43,44,48,49)/t33-/m0/s1. The first-order chi connectivity index (χ1) is 26.5. The van der Waals surface area contributed by atoms with E-state index in [0.29, 0.717) is 56.4 Å². The summed E-state index contributed by atoms with van der Waals surface area (Å²) in [6.07, 6.45) is 7.70. The Morgan fingerprint density at radius 1 is 1.02 bits per heavy atom. The van der Waals surface area contributed by atoms with Crippen molar-refractivity contribution in [1.29, 1.82) is 0 Å². The minimum atomic E-state index is -1.29. The molecule has 0 aliphatic carbocycles. The number of aryl methyl sites for hydroxylation is 1. The monoisotopic (exact) mass is 838 g/mol. The third-order valence-electron chi connectivity index (χ3n) is 9.05. The smallest absolute Gasteiger partial charge is 0.435 e. The molecule has 3 amide bonds. The first-order valence-electron chi connectivity index (χ1n) is 18.7. The Labute approximate surface area is 334 Å². The van der Waals surface area contributed by atoms with Gasteiger partial charge in [0, 0.05) is 45.2 Å². The van der Waals surface area contributed by atoms with Crippen LogP contribution in [-0.4, -0.2) is 95.1 Å². The second kappa shape index (κ2) is 21.6. The highest BCUT2D eigenvalue weighted by Gasteiger charge is 2.38. The molecule has 14 heteroatoms. The van der Waals surface area contributed by atoms with Gasteiger partial charge in [-0.2, -0.15) is 4.99 Å². The van der Waals surface area contributed by atoms with Crippen LogP contribution in [0.4, 0.5) is 15.3 Å². The van der Waals surface area contributed by atoms with Crippen LogP contribution in [0.5, 0.6) is 11.5 Å². The van der Waals surface area contributed by atoms with Gasteiger partial charge in [0.1, 0.15) is 25.8 Å². The molecule has 2 aromatic rings. The number of carbonyl (C=O) groups is 3. The van der Waals surface area contributed by atoms with Crippen LogP contribution in [-0.2, 0) is 20.6 Å². The summed E-state index contributed by atoms with van der Waals surface area (Å²) >= 11 is 3.49. The van der Waals surface area contributed by atoms with Crippen LogP contribution in [0.25, 0.3) is 5.57 Å². The number of fused-ring (bicyclic) bond motifs is 2. The van der Waals surface area contributed by atoms with Crippen LogP contribution in [0.15, 0.2) is 72.9 Å². The van der Waals surface area contributed by atoms with Crippen molar-refractivity contribution >= 4 is 59.2 Å². The van der Waals surface area contributed by atoms with E-state index >= 15 is 0 Å². The molecule has 1 atom stereocenters. The largest absolute Gasteiger partial charge is 0.493 e. The van der Waals surface area contributed by atoms with Crippen molar-refractivity contribution in [2.45, 2.75) is 70.3 Å². The molecule has 298 valence electrons. The van der Waals surface area contributed by atoms with Crippen LogP contribution < -0.4 is 19.7 Å². The topological polar surface area (TPSA) is 128 Å². The lowest BCUT2D eigenvalue weighted by molar-refractivity contribution is 0.0791. The van der Waals surface area contributed by atoms with Gasteiger partial charge in [0.15, 0.2) is 11.5 Å². The maximum absolute atomic E-state index is 14.3. The molecule has 0 bridgehead atoms. The molecule has 2 aliphatic rings. The number of methoxy groups -OCH3 is 1.